The maximum atomic E-state index is 11.0. The number of hydrogen-bond acceptors (Lipinski definition) is 4. The van der Waals surface area contributed by atoms with Crippen molar-refractivity contribution >= 4 is 11.9 Å². The topological polar surface area (TPSA) is 66.3 Å². The van der Waals surface area contributed by atoms with Gasteiger partial charge in [-0.2, -0.15) is 0 Å². The largest absolute Gasteiger partial charge is 0.478 e. The molecule has 0 amide bonds. The van der Waals surface area contributed by atoms with E-state index in [-0.39, 0.29) is 5.56 Å². The summed E-state index contributed by atoms with van der Waals surface area (Å²) in [5, 5.41) is 9.05. The van der Waals surface area contributed by atoms with Crippen molar-refractivity contribution < 1.29 is 9.90 Å². The first-order valence-corrected chi connectivity index (χ1v) is 7.04. The second-order valence-corrected chi connectivity index (χ2v) is 5.27. The summed E-state index contributed by atoms with van der Waals surface area (Å²) in [4.78, 5) is 21.7. The average Bonchev–Trinajstić information content (AvgIpc) is 2.68. The molecular formula is C16H17N3O2. The summed E-state index contributed by atoms with van der Waals surface area (Å²) in [6.07, 6.45) is 3.50. The number of benzene rings is 1. The number of carboxylic acid groups (broad SMARTS) is 1. The first-order valence-electron chi connectivity index (χ1n) is 7.04. The number of nitrogens with zero attached hydrogens (tertiary/aromatic N) is 3. The minimum absolute atomic E-state index is 0.161. The third-order valence-corrected chi connectivity index (χ3v) is 3.83. The predicted octanol–water partition coefficient (Wildman–Crippen LogP) is 2.44. The van der Waals surface area contributed by atoms with Crippen LogP contribution in [0.2, 0.25) is 0 Å². The van der Waals surface area contributed by atoms with Gasteiger partial charge in [-0.3, -0.25) is 0 Å². The van der Waals surface area contributed by atoms with Crippen molar-refractivity contribution in [3.05, 3.63) is 52.8 Å². The molecule has 0 spiro atoms. The average molecular weight is 283 g/mol. The molecule has 1 aromatic heterocycles. The number of rotatable bonds is 2. The maximum absolute atomic E-state index is 11.0. The molecule has 0 fully saturated rings. The van der Waals surface area contributed by atoms with Gasteiger partial charge < -0.3 is 10.0 Å². The smallest absolute Gasteiger partial charge is 0.339 e. The highest BCUT2D eigenvalue weighted by atomic mass is 16.4. The first-order chi connectivity index (χ1) is 10.1. The van der Waals surface area contributed by atoms with Gasteiger partial charge in [0.1, 0.15) is 0 Å². The van der Waals surface area contributed by atoms with Crippen molar-refractivity contribution in [3.8, 4) is 0 Å². The molecule has 2 aromatic rings. The summed E-state index contributed by atoms with van der Waals surface area (Å²) < 4.78 is 0. The molecular weight excluding hydrogens is 266 g/mol. The third kappa shape index (κ3) is 2.72. The fourth-order valence-electron chi connectivity index (χ4n) is 2.69. The number of aromatic nitrogens is 2. The van der Waals surface area contributed by atoms with E-state index in [1.807, 2.05) is 6.07 Å². The van der Waals surface area contributed by atoms with Gasteiger partial charge in [-0.05, 0) is 30.9 Å². The molecule has 1 aliphatic rings. The lowest BCUT2D eigenvalue weighted by molar-refractivity contribution is 0.0695. The zero-order valence-electron chi connectivity index (χ0n) is 11.9. The second kappa shape index (κ2) is 5.52. The summed E-state index contributed by atoms with van der Waals surface area (Å²) in [7, 11) is 0. The van der Waals surface area contributed by atoms with E-state index < -0.39 is 5.97 Å². The van der Waals surface area contributed by atoms with Gasteiger partial charge in [-0.15, -0.1) is 0 Å². The number of carboxylic acids is 1. The van der Waals surface area contributed by atoms with E-state index in [0.717, 1.165) is 25.9 Å². The number of hydrogen-bond donors (Lipinski definition) is 1. The molecule has 5 nitrogen and oxygen atoms in total. The zero-order chi connectivity index (χ0) is 14.8. The van der Waals surface area contributed by atoms with Gasteiger partial charge in [-0.25, -0.2) is 14.8 Å². The Morgan fingerprint density at radius 3 is 2.76 bits per heavy atom. The molecule has 0 bridgehead atoms. The van der Waals surface area contributed by atoms with Crippen LogP contribution in [0.25, 0.3) is 0 Å². The first kappa shape index (κ1) is 13.5. The van der Waals surface area contributed by atoms with E-state index in [0.29, 0.717) is 11.6 Å². The van der Waals surface area contributed by atoms with E-state index >= 15 is 0 Å². The highest BCUT2D eigenvalue weighted by Crippen LogP contribution is 2.22. The van der Waals surface area contributed by atoms with Crippen LogP contribution in [0.4, 0.5) is 5.95 Å². The third-order valence-electron chi connectivity index (χ3n) is 3.83. The number of aromatic carboxylic acids is 1. The Kier molecular flexibility index (Phi) is 3.56. The van der Waals surface area contributed by atoms with Crippen LogP contribution in [0.5, 0.6) is 0 Å². The Morgan fingerprint density at radius 2 is 2.05 bits per heavy atom. The monoisotopic (exact) mass is 283 g/mol. The van der Waals surface area contributed by atoms with Crippen LogP contribution in [-0.2, 0) is 13.0 Å². The number of carbonyl (C=O) groups is 1. The fourth-order valence-corrected chi connectivity index (χ4v) is 2.69. The SMILES string of the molecule is Cc1nc(N2CCCc3ccccc3C2)ncc1C(=O)O. The lowest BCUT2D eigenvalue weighted by atomic mass is 10.0. The Labute approximate surface area is 123 Å². The van der Waals surface area contributed by atoms with Crippen LogP contribution in [0.15, 0.2) is 30.5 Å². The minimum atomic E-state index is -0.986. The van der Waals surface area contributed by atoms with Gasteiger partial charge >= 0.3 is 5.97 Å². The van der Waals surface area contributed by atoms with E-state index in [1.165, 1.54) is 17.3 Å². The lowest BCUT2D eigenvalue weighted by Crippen LogP contribution is -2.25. The van der Waals surface area contributed by atoms with Crippen LogP contribution in [0.3, 0.4) is 0 Å². The molecule has 0 atom stereocenters. The van der Waals surface area contributed by atoms with E-state index in [9.17, 15) is 4.79 Å². The van der Waals surface area contributed by atoms with Crippen LogP contribution in [0.1, 0.15) is 33.6 Å². The number of fused-ring (bicyclic) bond motifs is 1. The van der Waals surface area contributed by atoms with E-state index in [1.54, 1.807) is 6.92 Å². The molecule has 108 valence electrons. The van der Waals surface area contributed by atoms with E-state index in [2.05, 4.69) is 33.1 Å². The Hall–Kier alpha value is -2.43. The normalized spacial score (nSPS) is 14.4. The molecule has 0 saturated carbocycles. The van der Waals surface area contributed by atoms with Crippen molar-refractivity contribution in [2.24, 2.45) is 0 Å². The van der Waals surface area contributed by atoms with Crippen molar-refractivity contribution in [2.45, 2.75) is 26.3 Å². The fraction of sp³-hybridized carbons (Fsp3) is 0.312. The highest BCUT2D eigenvalue weighted by molar-refractivity contribution is 5.88. The predicted molar refractivity (Wildman–Crippen MR) is 79.5 cm³/mol. The van der Waals surface area contributed by atoms with Crippen molar-refractivity contribution in [1.82, 2.24) is 9.97 Å². The summed E-state index contributed by atoms with van der Waals surface area (Å²) in [6.45, 7) is 3.35. The van der Waals surface area contributed by atoms with Crippen molar-refractivity contribution in [2.75, 3.05) is 11.4 Å². The second-order valence-electron chi connectivity index (χ2n) is 5.27. The molecule has 0 radical (unpaired) electrons. The molecule has 3 rings (SSSR count). The van der Waals surface area contributed by atoms with Crippen molar-refractivity contribution in [1.29, 1.82) is 0 Å². The molecule has 1 N–H and O–H groups in total. The standard InChI is InChI=1S/C16H17N3O2/c1-11-14(15(20)21)9-17-16(18-11)19-8-4-7-12-5-2-3-6-13(12)10-19/h2-3,5-6,9H,4,7-8,10H2,1H3,(H,20,21). The zero-order valence-corrected chi connectivity index (χ0v) is 11.9. The number of anilines is 1. The van der Waals surface area contributed by atoms with Gasteiger partial charge in [0.25, 0.3) is 0 Å². The van der Waals surface area contributed by atoms with Gasteiger partial charge in [0.15, 0.2) is 0 Å². The minimum Gasteiger partial charge on any atom is -0.478 e. The van der Waals surface area contributed by atoms with Gasteiger partial charge in [0, 0.05) is 19.3 Å². The summed E-state index contributed by atoms with van der Waals surface area (Å²) in [5.74, 6) is -0.380. The molecule has 0 saturated heterocycles. The Bertz CT molecular complexity index is 685. The van der Waals surface area contributed by atoms with Crippen LogP contribution >= 0.6 is 0 Å². The maximum Gasteiger partial charge on any atom is 0.339 e. The molecule has 0 unspecified atom stereocenters. The highest BCUT2D eigenvalue weighted by Gasteiger charge is 2.18. The van der Waals surface area contributed by atoms with Crippen LogP contribution < -0.4 is 4.90 Å². The summed E-state index contributed by atoms with van der Waals surface area (Å²) >= 11 is 0. The Morgan fingerprint density at radius 1 is 1.29 bits per heavy atom. The summed E-state index contributed by atoms with van der Waals surface area (Å²) in [5.41, 5.74) is 3.33. The van der Waals surface area contributed by atoms with Crippen LogP contribution in [-0.4, -0.2) is 27.6 Å². The molecule has 1 aromatic carbocycles. The van der Waals surface area contributed by atoms with Gasteiger partial charge in [0.2, 0.25) is 5.95 Å². The Balaban J connectivity index is 1.91. The van der Waals surface area contributed by atoms with E-state index in [4.69, 9.17) is 5.11 Å². The molecule has 2 heterocycles. The van der Waals surface area contributed by atoms with Gasteiger partial charge in [-0.1, -0.05) is 24.3 Å². The van der Waals surface area contributed by atoms with Crippen molar-refractivity contribution in [3.63, 3.8) is 0 Å². The van der Waals surface area contributed by atoms with Crippen LogP contribution in [0, 0.1) is 6.92 Å². The molecule has 0 aliphatic carbocycles. The molecule has 21 heavy (non-hydrogen) atoms. The quantitative estimate of drug-likeness (QED) is 0.917. The molecule has 1 aliphatic heterocycles. The lowest BCUT2D eigenvalue weighted by Gasteiger charge is -2.21. The molecule has 5 heteroatoms. The summed E-state index contributed by atoms with van der Waals surface area (Å²) in [6, 6.07) is 8.41. The van der Waals surface area contributed by atoms with Gasteiger partial charge in [0.05, 0.1) is 11.3 Å². The number of aryl methyl sites for hydroxylation is 2.